The van der Waals surface area contributed by atoms with Gasteiger partial charge in [-0.1, -0.05) is 34.8 Å². The summed E-state index contributed by atoms with van der Waals surface area (Å²) in [7, 11) is 0. The van der Waals surface area contributed by atoms with Crippen LogP contribution in [-0.2, 0) is 33.4 Å². The Bertz CT molecular complexity index is 695. The van der Waals surface area contributed by atoms with Crippen LogP contribution < -0.4 is 0 Å². The number of halogens is 3. The van der Waals surface area contributed by atoms with E-state index in [1.165, 1.54) is 0 Å². The summed E-state index contributed by atoms with van der Waals surface area (Å²) in [6.07, 6.45) is -4.64. The maximum atomic E-state index is 11.4. The fourth-order valence-corrected chi connectivity index (χ4v) is 3.40. The van der Waals surface area contributed by atoms with E-state index < -0.39 is 89.6 Å². The zero-order valence-electron chi connectivity index (χ0n) is 15.5. The molecule has 1 fully saturated rings. The fourth-order valence-electron chi connectivity index (χ4n) is 3.27. The van der Waals surface area contributed by atoms with Gasteiger partial charge in [-0.3, -0.25) is 24.6 Å². The minimum absolute atomic E-state index is 0.454. The van der Waals surface area contributed by atoms with E-state index in [9.17, 15) is 34.5 Å². The van der Waals surface area contributed by atoms with E-state index in [0.29, 0.717) is 0 Å². The molecule has 170 valence electrons. The van der Waals surface area contributed by atoms with Crippen LogP contribution in [0.5, 0.6) is 0 Å². The smallest absolute Gasteiger partial charge is 0.303 e. The third-order valence-electron chi connectivity index (χ3n) is 4.41. The van der Waals surface area contributed by atoms with Crippen LogP contribution in [0.2, 0.25) is 0 Å². The molecule has 14 heteroatoms. The highest BCUT2D eigenvalue weighted by Crippen LogP contribution is 2.43. The Balaban J connectivity index is 3.37. The van der Waals surface area contributed by atoms with Gasteiger partial charge in [-0.2, -0.15) is 0 Å². The summed E-state index contributed by atoms with van der Waals surface area (Å²) in [6, 6.07) is 0. The van der Waals surface area contributed by atoms with E-state index in [0.717, 1.165) is 6.92 Å². The number of ether oxygens (including phenoxy) is 3. The fraction of sp³-hybridized carbons (Fsp3) is 0.688. The number of carbonyl (C=O) groups is 4. The number of alkyl halides is 3. The number of carboxylic acid groups (broad SMARTS) is 3. The van der Waals surface area contributed by atoms with Gasteiger partial charge in [-0.25, -0.2) is 0 Å². The van der Waals surface area contributed by atoms with Gasteiger partial charge in [0.15, 0.2) is 0 Å². The first-order chi connectivity index (χ1) is 13.7. The molecule has 0 radical (unpaired) electrons. The van der Waals surface area contributed by atoms with Crippen LogP contribution >= 0.6 is 34.8 Å². The minimum atomic E-state index is -2.32. The quantitative estimate of drug-likeness (QED) is 0.161. The Labute approximate surface area is 185 Å². The molecule has 0 aromatic carbocycles. The van der Waals surface area contributed by atoms with Crippen LogP contribution in [0.15, 0.2) is 0 Å². The Kier molecular flexibility index (Phi) is 9.60. The van der Waals surface area contributed by atoms with E-state index in [1.807, 2.05) is 0 Å². The van der Waals surface area contributed by atoms with Gasteiger partial charge >= 0.3 is 23.9 Å². The molecule has 30 heavy (non-hydrogen) atoms. The van der Waals surface area contributed by atoms with Gasteiger partial charge in [0.05, 0.1) is 18.9 Å². The van der Waals surface area contributed by atoms with Crippen molar-refractivity contribution in [3.05, 3.63) is 0 Å². The third-order valence-corrected chi connectivity index (χ3v) is 4.92. The summed E-state index contributed by atoms with van der Waals surface area (Å²) in [6.45, 7) is 0.646. The first-order valence-electron chi connectivity index (χ1n) is 8.49. The van der Waals surface area contributed by atoms with Crippen molar-refractivity contribution in [2.45, 2.75) is 42.4 Å². The molecule has 1 aliphatic rings. The summed E-state index contributed by atoms with van der Waals surface area (Å²) in [5.41, 5.74) is 0. The van der Waals surface area contributed by atoms with Gasteiger partial charge in [-0.05, 0) is 5.92 Å². The highest BCUT2D eigenvalue weighted by Gasteiger charge is 2.50. The molecule has 0 aliphatic carbocycles. The van der Waals surface area contributed by atoms with E-state index in [4.69, 9.17) is 54.4 Å². The number of carboxylic acids is 3. The largest absolute Gasteiger partial charge is 0.481 e. The van der Waals surface area contributed by atoms with Crippen LogP contribution in [0.4, 0.5) is 0 Å². The molecule has 0 spiro atoms. The maximum Gasteiger partial charge on any atom is 0.303 e. The highest BCUT2D eigenvalue weighted by atomic mass is 35.6. The predicted molar refractivity (Wildman–Crippen MR) is 102 cm³/mol. The van der Waals surface area contributed by atoms with Gasteiger partial charge in [0.1, 0.15) is 6.61 Å². The van der Waals surface area contributed by atoms with Crippen LogP contribution in [0.3, 0.4) is 0 Å². The predicted octanol–water partition coefficient (Wildman–Crippen LogP) is 1.91. The maximum absolute atomic E-state index is 11.4. The van der Waals surface area contributed by atoms with E-state index in [2.05, 4.69) is 0 Å². The lowest BCUT2D eigenvalue weighted by Crippen LogP contribution is -2.53. The van der Waals surface area contributed by atoms with Gasteiger partial charge < -0.3 is 29.5 Å². The molecule has 5 atom stereocenters. The minimum Gasteiger partial charge on any atom is -0.481 e. The molecule has 0 aromatic heterocycles. The van der Waals surface area contributed by atoms with Crippen LogP contribution in [0, 0.1) is 23.2 Å². The van der Waals surface area contributed by atoms with E-state index in [-0.39, 0.29) is 0 Å². The molecule has 11 nitrogen and oxygen atoms in total. The van der Waals surface area contributed by atoms with Crippen molar-refractivity contribution in [3.63, 3.8) is 0 Å². The molecule has 0 unspecified atom stereocenters. The van der Waals surface area contributed by atoms with Gasteiger partial charge in [0.25, 0.3) is 3.79 Å². The van der Waals surface area contributed by atoms with Crippen molar-refractivity contribution in [2.75, 3.05) is 6.61 Å². The SMILES string of the molecule is CC(=O)OC[C@@H]1O[C@H](OC(=N)C(Cl)(Cl)Cl)[C@H](CC(=O)O)[C@@H](CC(=O)O)[C@@H]1CC(=O)O. The lowest BCUT2D eigenvalue weighted by molar-refractivity contribution is -0.242. The van der Waals surface area contributed by atoms with Gasteiger partial charge in [0, 0.05) is 25.2 Å². The van der Waals surface area contributed by atoms with Crippen molar-refractivity contribution in [3.8, 4) is 0 Å². The molecule has 1 rings (SSSR count). The Morgan fingerprint density at radius 1 is 0.933 bits per heavy atom. The topological polar surface area (TPSA) is 181 Å². The van der Waals surface area contributed by atoms with Crippen molar-refractivity contribution >= 4 is 64.6 Å². The molecular weight excluding hydrogens is 473 g/mol. The lowest BCUT2D eigenvalue weighted by atomic mass is 9.71. The average Bonchev–Trinajstić information content (AvgIpc) is 2.56. The molecule has 0 saturated carbocycles. The second-order valence-electron chi connectivity index (χ2n) is 6.58. The molecule has 0 amide bonds. The normalized spacial score (nSPS) is 26.5. The first kappa shape index (κ1) is 26.2. The second kappa shape index (κ2) is 11.0. The van der Waals surface area contributed by atoms with Crippen molar-refractivity contribution < 1.29 is 48.7 Å². The number of carbonyl (C=O) groups excluding carboxylic acids is 1. The van der Waals surface area contributed by atoms with E-state index >= 15 is 0 Å². The Morgan fingerprint density at radius 3 is 1.83 bits per heavy atom. The number of nitrogens with one attached hydrogen (secondary N) is 1. The summed E-state index contributed by atoms with van der Waals surface area (Å²) >= 11 is 16.7. The van der Waals surface area contributed by atoms with Crippen molar-refractivity contribution in [1.29, 1.82) is 5.41 Å². The molecule has 1 aliphatic heterocycles. The van der Waals surface area contributed by atoms with Crippen LogP contribution in [0.1, 0.15) is 26.2 Å². The molecule has 0 bridgehead atoms. The second-order valence-corrected chi connectivity index (χ2v) is 8.86. The van der Waals surface area contributed by atoms with Crippen molar-refractivity contribution in [2.24, 2.45) is 17.8 Å². The number of aliphatic carboxylic acids is 3. The number of hydrogen-bond donors (Lipinski definition) is 4. The summed E-state index contributed by atoms with van der Waals surface area (Å²) in [5.74, 6) is -8.92. The molecule has 1 saturated heterocycles. The number of hydrogen-bond acceptors (Lipinski definition) is 8. The zero-order chi connectivity index (χ0) is 23.2. The number of esters is 1. The van der Waals surface area contributed by atoms with Crippen molar-refractivity contribution in [1.82, 2.24) is 0 Å². The van der Waals surface area contributed by atoms with E-state index in [1.54, 1.807) is 0 Å². The molecule has 4 N–H and O–H groups in total. The lowest BCUT2D eigenvalue weighted by Gasteiger charge is -2.45. The molecular formula is C16H20Cl3NO10. The Morgan fingerprint density at radius 2 is 1.40 bits per heavy atom. The van der Waals surface area contributed by atoms with Gasteiger partial charge in [0.2, 0.25) is 12.2 Å². The number of rotatable bonds is 9. The summed E-state index contributed by atoms with van der Waals surface area (Å²) in [5, 5.41) is 35.5. The van der Waals surface area contributed by atoms with Crippen LogP contribution in [0.25, 0.3) is 0 Å². The van der Waals surface area contributed by atoms with Gasteiger partial charge in [-0.15, -0.1) is 0 Å². The first-order valence-corrected chi connectivity index (χ1v) is 9.62. The monoisotopic (exact) mass is 491 g/mol. The average molecular weight is 493 g/mol. The highest BCUT2D eigenvalue weighted by molar-refractivity contribution is 6.76. The molecule has 0 aromatic rings. The van der Waals surface area contributed by atoms with Crippen LogP contribution in [-0.4, -0.2) is 67.9 Å². The Hall–Kier alpha value is -1.82. The summed E-state index contributed by atoms with van der Waals surface area (Å²) < 4.78 is 13.4. The zero-order valence-corrected chi connectivity index (χ0v) is 17.8. The molecule has 1 heterocycles. The third kappa shape index (κ3) is 8.13. The summed E-state index contributed by atoms with van der Waals surface area (Å²) in [4.78, 5) is 45.3. The standard InChI is InChI=1S/C16H20Cl3NO10/c1-6(21)28-5-10-8(3-12(24)25)7(2-11(22)23)9(4-13(26)27)14(29-10)30-15(20)16(17,18)19/h7-10,14,20H,2-5H2,1H3,(H,22,23)(H,24,25)(H,26,27)/t7-,8-,9+,10-,14+/m0/s1.